The first-order valence-corrected chi connectivity index (χ1v) is 6.73. The summed E-state index contributed by atoms with van der Waals surface area (Å²) in [7, 11) is 1.63. The van der Waals surface area contributed by atoms with Crippen molar-refractivity contribution in [2.75, 3.05) is 5.32 Å². The number of benzene rings is 1. The van der Waals surface area contributed by atoms with Crippen LogP contribution in [0.4, 0.5) is 5.69 Å². The van der Waals surface area contributed by atoms with Crippen molar-refractivity contribution in [2.45, 2.75) is 6.92 Å². The number of amides is 1. The van der Waals surface area contributed by atoms with E-state index in [4.69, 9.17) is 28.3 Å². The molecule has 1 aromatic heterocycles. The third-order valence-electron chi connectivity index (χ3n) is 3.07. The fourth-order valence-electron chi connectivity index (χ4n) is 1.88. The zero-order chi connectivity index (χ0) is 15.7. The highest BCUT2D eigenvalue weighted by molar-refractivity contribution is 6.42. The van der Waals surface area contributed by atoms with Crippen molar-refractivity contribution in [1.29, 1.82) is 0 Å². The van der Waals surface area contributed by atoms with Gasteiger partial charge in [0.2, 0.25) is 0 Å². The summed E-state index contributed by atoms with van der Waals surface area (Å²) in [6, 6.07) is 5.93. The Kier molecular flexibility index (Phi) is 4.25. The van der Waals surface area contributed by atoms with E-state index in [1.54, 1.807) is 20.0 Å². The van der Waals surface area contributed by atoms with E-state index in [1.807, 2.05) is 0 Å². The second-order valence-electron chi connectivity index (χ2n) is 4.52. The molecule has 2 aromatic rings. The lowest BCUT2D eigenvalue weighted by Gasteiger charge is -2.10. The molecule has 21 heavy (non-hydrogen) atoms. The predicted octanol–water partition coefficient (Wildman–Crippen LogP) is 3.59. The second kappa shape index (κ2) is 5.79. The predicted molar refractivity (Wildman–Crippen MR) is 81.5 cm³/mol. The van der Waals surface area contributed by atoms with Crippen LogP contribution in [0.2, 0.25) is 10.2 Å². The number of rotatable bonds is 3. The van der Waals surface area contributed by atoms with Crippen LogP contribution < -0.4 is 5.32 Å². The first-order valence-electron chi connectivity index (χ1n) is 5.97. The number of carbonyl (C=O) groups is 2. The lowest BCUT2D eigenvalue weighted by Crippen LogP contribution is -2.16. The SMILES string of the molecule is Cc1cc(C(=O)O)ccc1NC(=O)c1cc(Cl)c(Cl)n1C. The van der Waals surface area contributed by atoms with Gasteiger partial charge in [-0.1, -0.05) is 23.2 Å². The Morgan fingerprint density at radius 3 is 2.38 bits per heavy atom. The molecular formula is C14H12Cl2N2O3. The van der Waals surface area contributed by atoms with Crippen LogP contribution in [-0.2, 0) is 7.05 Å². The molecule has 0 aliphatic heterocycles. The summed E-state index contributed by atoms with van der Waals surface area (Å²) in [4.78, 5) is 23.1. The molecule has 0 saturated carbocycles. The van der Waals surface area contributed by atoms with Crippen molar-refractivity contribution in [1.82, 2.24) is 4.57 Å². The first kappa shape index (κ1) is 15.4. The highest BCUT2D eigenvalue weighted by atomic mass is 35.5. The minimum atomic E-state index is -1.02. The second-order valence-corrected chi connectivity index (χ2v) is 5.28. The van der Waals surface area contributed by atoms with Crippen LogP contribution in [0.1, 0.15) is 26.4 Å². The normalized spacial score (nSPS) is 10.5. The third kappa shape index (κ3) is 3.04. The lowest BCUT2D eigenvalue weighted by atomic mass is 10.1. The number of hydrogen-bond acceptors (Lipinski definition) is 2. The minimum Gasteiger partial charge on any atom is -0.478 e. The molecule has 0 fully saturated rings. The Hall–Kier alpha value is -1.98. The molecule has 0 bridgehead atoms. The number of halogens is 2. The Morgan fingerprint density at radius 2 is 1.90 bits per heavy atom. The smallest absolute Gasteiger partial charge is 0.335 e. The number of nitrogens with zero attached hydrogens (tertiary/aromatic N) is 1. The van der Waals surface area contributed by atoms with E-state index in [-0.39, 0.29) is 16.6 Å². The van der Waals surface area contributed by atoms with Crippen molar-refractivity contribution in [3.63, 3.8) is 0 Å². The summed E-state index contributed by atoms with van der Waals surface area (Å²) in [6.07, 6.45) is 0. The van der Waals surface area contributed by atoms with E-state index >= 15 is 0 Å². The fourth-order valence-corrected chi connectivity index (χ4v) is 2.26. The van der Waals surface area contributed by atoms with Gasteiger partial charge in [-0.3, -0.25) is 4.79 Å². The van der Waals surface area contributed by atoms with Crippen LogP contribution in [0.5, 0.6) is 0 Å². The van der Waals surface area contributed by atoms with Crippen molar-refractivity contribution in [3.8, 4) is 0 Å². The number of carbonyl (C=O) groups excluding carboxylic acids is 1. The number of hydrogen-bond donors (Lipinski definition) is 2. The summed E-state index contributed by atoms with van der Waals surface area (Å²) in [5.41, 5.74) is 1.65. The summed E-state index contributed by atoms with van der Waals surface area (Å²) in [5.74, 6) is -1.39. The highest BCUT2D eigenvalue weighted by Crippen LogP contribution is 2.26. The van der Waals surface area contributed by atoms with Gasteiger partial charge in [0.15, 0.2) is 0 Å². The molecule has 5 nitrogen and oxygen atoms in total. The Balaban J connectivity index is 2.27. The molecular weight excluding hydrogens is 315 g/mol. The molecule has 0 unspecified atom stereocenters. The average Bonchev–Trinajstić information content (AvgIpc) is 2.68. The van der Waals surface area contributed by atoms with Gasteiger partial charge in [-0.05, 0) is 36.8 Å². The highest BCUT2D eigenvalue weighted by Gasteiger charge is 2.16. The van der Waals surface area contributed by atoms with Crippen LogP contribution in [-0.4, -0.2) is 21.6 Å². The van der Waals surface area contributed by atoms with Gasteiger partial charge in [0.25, 0.3) is 5.91 Å². The van der Waals surface area contributed by atoms with Gasteiger partial charge in [0.1, 0.15) is 10.8 Å². The third-order valence-corrected chi connectivity index (χ3v) is 3.91. The van der Waals surface area contributed by atoms with Crippen LogP contribution in [0.25, 0.3) is 0 Å². The summed E-state index contributed by atoms with van der Waals surface area (Å²) in [6.45, 7) is 1.72. The van der Waals surface area contributed by atoms with Crippen molar-refractivity contribution in [3.05, 3.63) is 51.3 Å². The molecule has 1 amide bonds. The van der Waals surface area contributed by atoms with Gasteiger partial charge < -0.3 is 15.0 Å². The molecule has 0 atom stereocenters. The standard InChI is InChI=1S/C14H12Cl2N2O3/c1-7-5-8(14(20)21)3-4-10(7)17-13(19)11-6-9(15)12(16)18(11)2/h3-6H,1-2H3,(H,17,19)(H,20,21). The summed E-state index contributed by atoms with van der Waals surface area (Å²) >= 11 is 11.8. The zero-order valence-corrected chi connectivity index (χ0v) is 12.8. The Morgan fingerprint density at radius 1 is 1.24 bits per heavy atom. The van der Waals surface area contributed by atoms with Gasteiger partial charge in [-0.2, -0.15) is 0 Å². The summed E-state index contributed by atoms with van der Waals surface area (Å²) in [5, 5.41) is 12.2. The zero-order valence-electron chi connectivity index (χ0n) is 11.3. The number of aryl methyl sites for hydroxylation is 1. The lowest BCUT2D eigenvalue weighted by molar-refractivity contribution is 0.0696. The fraction of sp³-hybridized carbons (Fsp3) is 0.143. The van der Waals surface area contributed by atoms with Crippen molar-refractivity contribution >= 4 is 40.8 Å². The largest absolute Gasteiger partial charge is 0.478 e. The molecule has 1 aromatic carbocycles. The Labute approximate surface area is 131 Å². The monoisotopic (exact) mass is 326 g/mol. The molecule has 7 heteroatoms. The van der Waals surface area contributed by atoms with Gasteiger partial charge in [0, 0.05) is 12.7 Å². The minimum absolute atomic E-state index is 0.162. The van der Waals surface area contributed by atoms with E-state index in [2.05, 4.69) is 5.32 Å². The number of carboxylic acid groups (broad SMARTS) is 1. The molecule has 110 valence electrons. The van der Waals surface area contributed by atoms with Gasteiger partial charge in [-0.25, -0.2) is 4.79 Å². The van der Waals surface area contributed by atoms with Gasteiger partial charge in [0.05, 0.1) is 10.6 Å². The molecule has 0 aliphatic carbocycles. The average molecular weight is 327 g/mol. The van der Waals surface area contributed by atoms with Crippen molar-refractivity contribution in [2.24, 2.45) is 7.05 Å². The maximum atomic E-state index is 12.2. The van der Waals surface area contributed by atoms with Crippen LogP contribution in [0, 0.1) is 6.92 Å². The van der Waals surface area contributed by atoms with E-state index in [1.165, 1.54) is 22.8 Å². The van der Waals surface area contributed by atoms with Crippen LogP contribution in [0.3, 0.4) is 0 Å². The molecule has 2 rings (SSSR count). The number of aromatic nitrogens is 1. The first-order chi connectivity index (χ1) is 9.81. The van der Waals surface area contributed by atoms with Gasteiger partial charge in [-0.15, -0.1) is 0 Å². The molecule has 2 N–H and O–H groups in total. The van der Waals surface area contributed by atoms with E-state index in [9.17, 15) is 9.59 Å². The quantitative estimate of drug-likeness (QED) is 0.905. The van der Waals surface area contributed by atoms with Crippen LogP contribution in [0.15, 0.2) is 24.3 Å². The van der Waals surface area contributed by atoms with E-state index < -0.39 is 5.97 Å². The molecule has 1 heterocycles. The topological polar surface area (TPSA) is 71.3 Å². The van der Waals surface area contributed by atoms with Gasteiger partial charge >= 0.3 is 5.97 Å². The van der Waals surface area contributed by atoms with E-state index in [0.717, 1.165) is 0 Å². The van der Waals surface area contributed by atoms with Crippen LogP contribution >= 0.6 is 23.2 Å². The number of anilines is 1. The molecule has 0 saturated heterocycles. The van der Waals surface area contributed by atoms with E-state index in [0.29, 0.717) is 22.0 Å². The number of carboxylic acids is 1. The maximum absolute atomic E-state index is 12.2. The number of aromatic carboxylic acids is 1. The number of nitrogens with one attached hydrogen (secondary N) is 1. The Bertz CT molecular complexity index is 738. The maximum Gasteiger partial charge on any atom is 0.335 e. The molecule has 0 aliphatic rings. The summed E-state index contributed by atoms with van der Waals surface area (Å²) < 4.78 is 1.47. The van der Waals surface area contributed by atoms with Crippen molar-refractivity contribution < 1.29 is 14.7 Å². The molecule has 0 radical (unpaired) electrons. The molecule has 0 spiro atoms.